The first kappa shape index (κ1) is 15.9. The molecule has 3 atom stereocenters. The van der Waals surface area contributed by atoms with Crippen LogP contribution in [0.5, 0.6) is 0 Å². The number of hydrogen-bond donors (Lipinski definition) is 1. The lowest BCUT2D eigenvalue weighted by molar-refractivity contribution is 0.170. The molecule has 0 aromatic carbocycles. The van der Waals surface area contributed by atoms with Crippen LogP contribution in [0.25, 0.3) is 0 Å². The summed E-state index contributed by atoms with van der Waals surface area (Å²) in [5, 5.41) is 3.73. The first-order chi connectivity index (χ1) is 8.54. The molecular weight excluding hydrogens is 222 g/mol. The van der Waals surface area contributed by atoms with Crippen LogP contribution in [0.4, 0.5) is 0 Å². The second-order valence-corrected chi connectivity index (χ2v) is 6.24. The van der Waals surface area contributed by atoms with E-state index >= 15 is 0 Å². The van der Waals surface area contributed by atoms with Crippen molar-refractivity contribution in [3.63, 3.8) is 0 Å². The average Bonchev–Trinajstić information content (AvgIpc) is 2.60. The molecule has 0 aliphatic carbocycles. The molecule has 0 saturated carbocycles. The molecule has 1 rings (SSSR count). The number of rotatable bonds is 6. The van der Waals surface area contributed by atoms with Gasteiger partial charge in [0.05, 0.1) is 0 Å². The van der Waals surface area contributed by atoms with E-state index in [1.165, 1.54) is 45.4 Å². The normalized spacial score (nSPS) is 26.0. The summed E-state index contributed by atoms with van der Waals surface area (Å²) in [5.41, 5.74) is 0. The highest BCUT2D eigenvalue weighted by Crippen LogP contribution is 2.15. The van der Waals surface area contributed by atoms with E-state index in [4.69, 9.17) is 0 Å². The molecule has 0 bridgehead atoms. The predicted molar refractivity (Wildman–Crippen MR) is 80.1 cm³/mol. The van der Waals surface area contributed by atoms with Crippen molar-refractivity contribution in [2.75, 3.05) is 40.3 Å². The van der Waals surface area contributed by atoms with Crippen LogP contribution < -0.4 is 5.32 Å². The molecule has 0 aromatic heterocycles. The van der Waals surface area contributed by atoms with Gasteiger partial charge in [-0.05, 0) is 59.4 Å². The van der Waals surface area contributed by atoms with Crippen LogP contribution in [0.1, 0.15) is 40.0 Å². The van der Waals surface area contributed by atoms with Gasteiger partial charge in [-0.2, -0.15) is 0 Å². The van der Waals surface area contributed by atoms with Gasteiger partial charge in [0.25, 0.3) is 0 Å². The third kappa shape index (κ3) is 5.25. The maximum atomic E-state index is 3.73. The van der Waals surface area contributed by atoms with Crippen molar-refractivity contribution < 1.29 is 0 Å². The lowest BCUT2D eigenvalue weighted by Gasteiger charge is -2.32. The van der Waals surface area contributed by atoms with E-state index in [9.17, 15) is 0 Å². The molecule has 1 N–H and O–H groups in total. The standard InChI is InChI=1S/C15H33N3/c1-6-13(2)15-12-18(10-7-9-16-15)14(3)8-11-17(4)5/h13-16H,6-12H2,1-5H3. The third-order valence-corrected chi connectivity index (χ3v) is 4.41. The topological polar surface area (TPSA) is 18.5 Å². The first-order valence-corrected chi connectivity index (χ1v) is 7.66. The highest BCUT2D eigenvalue weighted by Gasteiger charge is 2.24. The maximum absolute atomic E-state index is 3.73. The summed E-state index contributed by atoms with van der Waals surface area (Å²) in [4.78, 5) is 4.99. The monoisotopic (exact) mass is 255 g/mol. The summed E-state index contributed by atoms with van der Waals surface area (Å²) < 4.78 is 0. The van der Waals surface area contributed by atoms with Gasteiger partial charge < -0.3 is 10.2 Å². The van der Waals surface area contributed by atoms with E-state index in [-0.39, 0.29) is 0 Å². The smallest absolute Gasteiger partial charge is 0.0220 e. The van der Waals surface area contributed by atoms with Crippen molar-refractivity contribution in [3.8, 4) is 0 Å². The number of nitrogens with zero attached hydrogens (tertiary/aromatic N) is 2. The largest absolute Gasteiger partial charge is 0.312 e. The van der Waals surface area contributed by atoms with Gasteiger partial charge in [-0.3, -0.25) is 4.90 Å². The van der Waals surface area contributed by atoms with Crippen LogP contribution >= 0.6 is 0 Å². The number of nitrogens with one attached hydrogen (secondary N) is 1. The number of hydrogen-bond acceptors (Lipinski definition) is 3. The van der Waals surface area contributed by atoms with Crippen molar-refractivity contribution in [2.24, 2.45) is 5.92 Å². The van der Waals surface area contributed by atoms with Crippen molar-refractivity contribution in [2.45, 2.75) is 52.1 Å². The van der Waals surface area contributed by atoms with Gasteiger partial charge in [0.1, 0.15) is 0 Å². The van der Waals surface area contributed by atoms with Crippen LogP contribution in [0, 0.1) is 5.92 Å². The molecule has 3 unspecified atom stereocenters. The summed E-state index contributed by atoms with van der Waals surface area (Å²) in [5.74, 6) is 0.784. The summed E-state index contributed by atoms with van der Waals surface area (Å²) in [6, 6.07) is 1.39. The van der Waals surface area contributed by atoms with Crippen LogP contribution in [-0.4, -0.2) is 62.2 Å². The quantitative estimate of drug-likeness (QED) is 0.783. The SMILES string of the molecule is CCC(C)C1CN(C(C)CCN(C)C)CCCN1. The molecule has 0 aromatic rings. The van der Waals surface area contributed by atoms with Crippen molar-refractivity contribution in [1.29, 1.82) is 0 Å². The van der Waals surface area contributed by atoms with Gasteiger partial charge in [0, 0.05) is 18.6 Å². The molecule has 1 aliphatic heterocycles. The zero-order valence-electron chi connectivity index (χ0n) is 13.1. The highest BCUT2D eigenvalue weighted by molar-refractivity contribution is 4.82. The van der Waals surface area contributed by atoms with Crippen LogP contribution in [-0.2, 0) is 0 Å². The Balaban J connectivity index is 2.47. The molecule has 3 nitrogen and oxygen atoms in total. The van der Waals surface area contributed by atoms with Gasteiger partial charge in [-0.1, -0.05) is 20.3 Å². The van der Waals surface area contributed by atoms with E-state index in [1.807, 2.05) is 0 Å². The van der Waals surface area contributed by atoms with Crippen LogP contribution in [0.3, 0.4) is 0 Å². The third-order valence-electron chi connectivity index (χ3n) is 4.41. The van der Waals surface area contributed by atoms with Gasteiger partial charge >= 0.3 is 0 Å². The maximum Gasteiger partial charge on any atom is 0.0220 e. The van der Waals surface area contributed by atoms with E-state index in [1.54, 1.807) is 0 Å². The van der Waals surface area contributed by atoms with Gasteiger partial charge in [-0.15, -0.1) is 0 Å². The van der Waals surface area contributed by atoms with E-state index in [2.05, 4.69) is 50.0 Å². The Labute approximate surface area is 114 Å². The Kier molecular flexibility index (Phi) is 7.20. The Morgan fingerprint density at radius 2 is 2.06 bits per heavy atom. The van der Waals surface area contributed by atoms with Gasteiger partial charge in [-0.25, -0.2) is 0 Å². The van der Waals surface area contributed by atoms with Crippen molar-refractivity contribution in [1.82, 2.24) is 15.1 Å². The highest BCUT2D eigenvalue weighted by atomic mass is 15.2. The lowest BCUT2D eigenvalue weighted by atomic mass is 9.98. The zero-order valence-corrected chi connectivity index (χ0v) is 13.1. The summed E-state index contributed by atoms with van der Waals surface area (Å²) >= 11 is 0. The van der Waals surface area contributed by atoms with Crippen molar-refractivity contribution >= 4 is 0 Å². The summed E-state index contributed by atoms with van der Waals surface area (Å²) in [6.45, 7) is 11.9. The van der Waals surface area contributed by atoms with E-state index in [0.29, 0.717) is 12.1 Å². The summed E-state index contributed by atoms with van der Waals surface area (Å²) in [7, 11) is 4.33. The molecule has 3 heteroatoms. The Morgan fingerprint density at radius 3 is 2.67 bits per heavy atom. The molecule has 108 valence electrons. The van der Waals surface area contributed by atoms with Gasteiger partial charge in [0.15, 0.2) is 0 Å². The fraction of sp³-hybridized carbons (Fsp3) is 1.00. The second kappa shape index (κ2) is 8.13. The lowest BCUT2D eigenvalue weighted by Crippen LogP contribution is -2.45. The first-order valence-electron chi connectivity index (χ1n) is 7.66. The average molecular weight is 255 g/mol. The van der Waals surface area contributed by atoms with Crippen LogP contribution in [0.2, 0.25) is 0 Å². The summed E-state index contributed by atoms with van der Waals surface area (Å²) in [6.07, 6.45) is 3.84. The molecule has 0 spiro atoms. The molecule has 0 amide bonds. The Morgan fingerprint density at radius 1 is 1.33 bits per heavy atom. The fourth-order valence-electron chi connectivity index (χ4n) is 2.67. The Hall–Kier alpha value is -0.120. The predicted octanol–water partition coefficient (Wildman–Crippen LogP) is 2.04. The van der Waals surface area contributed by atoms with Crippen LogP contribution in [0.15, 0.2) is 0 Å². The molecule has 1 fully saturated rings. The molecule has 18 heavy (non-hydrogen) atoms. The fourth-order valence-corrected chi connectivity index (χ4v) is 2.67. The molecule has 1 saturated heterocycles. The van der Waals surface area contributed by atoms with E-state index in [0.717, 1.165) is 5.92 Å². The van der Waals surface area contributed by atoms with Gasteiger partial charge in [0.2, 0.25) is 0 Å². The second-order valence-electron chi connectivity index (χ2n) is 6.24. The Bertz CT molecular complexity index is 218. The molecule has 1 heterocycles. The zero-order chi connectivity index (χ0) is 13.5. The molecular formula is C15H33N3. The molecule has 0 radical (unpaired) electrons. The molecule has 1 aliphatic rings. The minimum atomic E-state index is 0.680. The minimum Gasteiger partial charge on any atom is -0.312 e. The van der Waals surface area contributed by atoms with E-state index < -0.39 is 0 Å². The minimum absolute atomic E-state index is 0.680. The van der Waals surface area contributed by atoms with Crippen molar-refractivity contribution in [3.05, 3.63) is 0 Å².